The summed E-state index contributed by atoms with van der Waals surface area (Å²) in [6.45, 7) is 1.61. The molecule has 1 aliphatic carbocycles. The Kier molecular flexibility index (Phi) is 3.61. The minimum absolute atomic E-state index is 0.440. The van der Waals surface area contributed by atoms with Gasteiger partial charge < -0.3 is 10.4 Å². The molecule has 0 amide bonds. The lowest BCUT2D eigenvalue weighted by molar-refractivity contribution is 0.0480. The predicted molar refractivity (Wildman–Crippen MR) is 63.2 cm³/mol. The van der Waals surface area contributed by atoms with Crippen LogP contribution in [0, 0.1) is 0 Å². The van der Waals surface area contributed by atoms with Gasteiger partial charge in [0.25, 0.3) is 0 Å². The van der Waals surface area contributed by atoms with Crippen molar-refractivity contribution in [3.8, 4) is 0 Å². The van der Waals surface area contributed by atoms with Gasteiger partial charge in [0.2, 0.25) is 0 Å². The second-order valence-corrected chi connectivity index (χ2v) is 4.84. The zero-order valence-electron chi connectivity index (χ0n) is 9.95. The fourth-order valence-electron chi connectivity index (χ4n) is 2.34. The van der Waals surface area contributed by atoms with Crippen LogP contribution in [0.4, 0.5) is 0 Å². The standard InChI is InChI=1S/C12H21N3O/c1-15-9-5-11(14-15)4-8-13-10-12(16)6-2-3-7-12/h5,9,13,16H,2-4,6-8,10H2,1H3. The molecule has 1 aromatic heterocycles. The number of rotatable bonds is 5. The lowest BCUT2D eigenvalue weighted by atomic mass is 10.0. The highest BCUT2D eigenvalue weighted by Crippen LogP contribution is 2.28. The van der Waals surface area contributed by atoms with Crippen molar-refractivity contribution in [1.82, 2.24) is 15.1 Å². The Morgan fingerprint density at radius 1 is 1.50 bits per heavy atom. The van der Waals surface area contributed by atoms with Crippen LogP contribution in [0.5, 0.6) is 0 Å². The summed E-state index contributed by atoms with van der Waals surface area (Å²) in [4.78, 5) is 0. The molecule has 2 N–H and O–H groups in total. The highest BCUT2D eigenvalue weighted by molar-refractivity contribution is 4.99. The number of aliphatic hydroxyl groups is 1. The third-order valence-corrected chi connectivity index (χ3v) is 3.32. The Morgan fingerprint density at radius 2 is 2.25 bits per heavy atom. The number of aromatic nitrogens is 2. The molecule has 0 spiro atoms. The van der Waals surface area contributed by atoms with Crippen LogP contribution < -0.4 is 5.32 Å². The summed E-state index contributed by atoms with van der Waals surface area (Å²) < 4.78 is 1.82. The van der Waals surface area contributed by atoms with E-state index in [1.54, 1.807) is 0 Å². The van der Waals surface area contributed by atoms with Crippen LogP contribution in [0.1, 0.15) is 31.4 Å². The Balaban J connectivity index is 1.65. The molecular formula is C12H21N3O. The van der Waals surface area contributed by atoms with Crippen LogP contribution in [-0.2, 0) is 13.5 Å². The van der Waals surface area contributed by atoms with E-state index in [0.717, 1.165) is 38.0 Å². The minimum atomic E-state index is -0.440. The molecule has 1 aliphatic rings. The summed E-state index contributed by atoms with van der Waals surface area (Å²) >= 11 is 0. The summed E-state index contributed by atoms with van der Waals surface area (Å²) in [5.41, 5.74) is 0.665. The van der Waals surface area contributed by atoms with Crippen LogP contribution in [0.3, 0.4) is 0 Å². The van der Waals surface area contributed by atoms with Crippen molar-refractivity contribution in [3.63, 3.8) is 0 Å². The molecule has 4 heteroatoms. The molecule has 0 aromatic carbocycles. The van der Waals surface area contributed by atoms with Crippen molar-refractivity contribution < 1.29 is 5.11 Å². The van der Waals surface area contributed by atoms with Gasteiger partial charge in [-0.3, -0.25) is 4.68 Å². The second kappa shape index (κ2) is 4.97. The first kappa shape index (κ1) is 11.6. The first-order valence-corrected chi connectivity index (χ1v) is 6.10. The minimum Gasteiger partial charge on any atom is -0.389 e. The average Bonchev–Trinajstić information content (AvgIpc) is 2.84. The lowest BCUT2D eigenvalue weighted by Gasteiger charge is -2.22. The fraction of sp³-hybridized carbons (Fsp3) is 0.750. The Hall–Kier alpha value is -0.870. The smallest absolute Gasteiger partial charge is 0.0771 e. The van der Waals surface area contributed by atoms with Crippen LogP contribution in [0.25, 0.3) is 0 Å². The predicted octanol–water partition coefficient (Wildman–Crippen LogP) is 0.857. The summed E-state index contributed by atoms with van der Waals surface area (Å²) in [6.07, 6.45) is 7.11. The lowest BCUT2D eigenvalue weighted by Crippen LogP contribution is -2.38. The zero-order chi connectivity index (χ0) is 11.4. The van der Waals surface area contributed by atoms with E-state index in [-0.39, 0.29) is 0 Å². The summed E-state index contributed by atoms with van der Waals surface area (Å²) in [5.74, 6) is 0. The average molecular weight is 223 g/mol. The van der Waals surface area contributed by atoms with Gasteiger partial charge in [-0.05, 0) is 18.9 Å². The molecule has 90 valence electrons. The molecule has 0 aliphatic heterocycles. The van der Waals surface area contributed by atoms with Crippen LogP contribution in [0.15, 0.2) is 12.3 Å². The molecule has 0 atom stereocenters. The molecule has 1 heterocycles. The molecule has 1 saturated carbocycles. The van der Waals surface area contributed by atoms with E-state index in [2.05, 4.69) is 10.4 Å². The van der Waals surface area contributed by atoms with Crippen molar-refractivity contribution in [3.05, 3.63) is 18.0 Å². The van der Waals surface area contributed by atoms with Crippen molar-refractivity contribution >= 4 is 0 Å². The quantitative estimate of drug-likeness (QED) is 0.728. The molecule has 16 heavy (non-hydrogen) atoms. The SMILES string of the molecule is Cn1ccc(CCNCC2(O)CCCC2)n1. The molecule has 4 nitrogen and oxygen atoms in total. The van der Waals surface area contributed by atoms with Gasteiger partial charge in [0.1, 0.15) is 0 Å². The van der Waals surface area contributed by atoms with E-state index in [4.69, 9.17) is 0 Å². The van der Waals surface area contributed by atoms with Gasteiger partial charge in [-0.1, -0.05) is 12.8 Å². The molecule has 2 rings (SSSR count). The maximum atomic E-state index is 10.1. The number of aryl methyl sites for hydroxylation is 1. The summed E-state index contributed by atoms with van der Waals surface area (Å²) in [7, 11) is 1.93. The highest BCUT2D eigenvalue weighted by atomic mass is 16.3. The normalized spacial score (nSPS) is 19.1. The van der Waals surface area contributed by atoms with Crippen molar-refractivity contribution in [1.29, 1.82) is 0 Å². The van der Waals surface area contributed by atoms with Crippen LogP contribution in [-0.4, -0.2) is 33.6 Å². The van der Waals surface area contributed by atoms with Gasteiger partial charge in [0.05, 0.1) is 11.3 Å². The number of hydrogen-bond donors (Lipinski definition) is 2. The molecular weight excluding hydrogens is 202 g/mol. The molecule has 0 bridgehead atoms. The van der Waals surface area contributed by atoms with Crippen molar-refractivity contribution in [2.75, 3.05) is 13.1 Å². The fourth-order valence-corrected chi connectivity index (χ4v) is 2.34. The zero-order valence-corrected chi connectivity index (χ0v) is 9.95. The third kappa shape index (κ3) is 3.06. The van der Waals surface area contributed by atoms with Gasteiger partial charge in [-0.25, -0.2) is 0 Å². The molecule has 1 aromatic rings. The van der Waals surface area contributed by atoms with Crippen LogP contribution in [0.2, 0.25) is 0 Å². The van der Waals surface area contributed by atoms with Gasteiger partial charge in [-0.2, -0.15) is 5.10 Å². The van der Waals surface area contributed by atoms with E-state index < -0.39 is 5.60 Å². The molecule has 0 saturated heterocycles. The maximum Gasteiger partial charge on any atom is 0.0771 e. The number of hydrogen-bond acceptors (Lipinski definition) is 3. The van der Waals surface area contributed by atoms with Gasteiger partial charge >= 0.3 is 0 Å². The Bertz CT molecular complexity index is 329. The number of nitrogens with zero attached hydrogens (tertiary/aromatic N) is 2. The van der Waals surface area contributed by atoms with Gasteiger partial charge in [0, 0.05) is 32.8 Å². The maximum absolute atomic E-state index is 10.1. The topological polar surface area (TPSA) is 50.1 Å². The summed E-state index contributed by atoms with van der Waals surface area (Å²) in [6, 6.07) is 2.03. The van der Waals surface area contributed by atoms with Crippen molar-refractivity contribution in [2.45, 2.75) is 37.7 Å². The van der Waals surface area contributed by atoms with Crippen LogP contribution >= 0.6 is 0 Å². The highest BCUT2D eigenvalue weighted by Gasteiger charge is 2.30. The molecule has 0 radical (unpaired) electrons. The monoisotopic (exact) mass is 223 g/mol. The van der Waals surface area contributed by atoms with E-state index in [0.29, 0.717) is 0 Å². The summed E-state index contributed by atoms with van der Waals surface area (Å²) in [5, 5.41) is 17.7. The molecule has 0 unspecified atom stereocenters. The Morgan fingerprint density at radius 3 is 2.88 bits per heavy atom. The molecule has 1 fully saturated rings. The second-order valence-electron chi connectivity index (χ2n) is 4.84. The third-order valence-electron chi connectivity index (χ3n) is 3.32. The number of nitrogens with one attached hydrogen (secondary N) is 1. The van der Waals surface area contributed by atoms with E-state index in [9.17, 15) is 5.11 Å². The van der Waals surface area contributed by atoms with E-state index >= 15 is 0 Å². The van der Waals surface area contributed by atoms with E-state index in [1.807, 2.05) is 24.0 Å². The van der Waals surface area contributed by atoms with Crippen molar-refractivity contribution in [2.24, 2.45) is 7.05 Å². The first-order valence-electron chi connectivity index (χ1n) is 6.10. The Labute approximate surface area is 96.7 Å². The first-order chi connectivity index (χ1) is 7.68. The van der Waals surface area contributed by atoms with Gasteiger partial charge in [0.15, 0.2) is 0 Å². The van der Waals surface area contributed by atoms with Gasteiger partial charge in [-0.15, -0.1) is 0 Å². The van der Waals surface area contributed by atoms with E-state index in [1.165, 1.54) is 12.8 Å². The largest absolute Gasteiger partial charge is 0.389 e.